The summed E-state index contributed by atoms with van der Waals surface area (Å²) in [5, 5.41) is 12.5. The third-order valence-corrected chi connectivity index (χ3v) is 3.16. The van der Waals surface area contributed by atoms with Gasteiger partial charge in [0.05, 0.1) is 6.42 Å². The van der Waals surface area contributed by atoms with Crippen LogP contribution in [-0.2, 0) is 21.4 Å². The first-order valence-electron chi connectivity index (χ1n) is 5.73. The third kappa shape index (κ3) is 2.82. The zero-order chi connectivity index (χ0) is 12.3. The molecule has 1 aliphatic rings. The lowest BCUT2D eigenvalue weighted by atomic mass is 9.82. The number of carboxylic acids is 1. The molecule has 1 N–H and O–H groups in total. The summed E-state index contributed by atoms with van der Waals surface area (Å²) in [6.07, 6.45) is 2.03. The first-order chi connectivity index (χ1) is 8.10. The van der Waals surface area contributed by atoms with Crippen molar-refractivity contribution in [2.45, 2.75) is 38.0 Å². The van der Waals surface area contributed by atoms with Gasteiger partial charge in [0.15, 0.2) is 5.82 Å². The lowest BCUT2D eigenvalue weighted by Crippen LogP contribution is -2.31. The van der Waals surface area contributed by atoms with E-state index in [0.717, 1.165) is 12.8 Å². The monoisotopic (exact) mass is 240 g/mol. The Morgan fingerprint density at radius 2 is 2.18 bits per heavy atom. The number of carbonyl (C=O) groups is 1. The normalized spacial score (nSPS) is 19.1. The minimum absolute atomic E-state index is 0.0153. The number of carboxylic acid groups (broad SMARTS) is 1. The van der Waals surface area contributed by atoms with Gasteiger partial charge >= 0.3 is 5.97 Å². The molecule has 2 rings (SSSR count). The first kappa shape index (κ1) is 12.0. The number of nitrogens with zero attached hydrogens (tertiary/aromatic N) is 2. The maximum Gasteiger partial charge on any atom is 0.303 e. The number of aryl methyl sites for hydroxylation is 1. The molecule has 1 fully saturated rings. The molecule has 1 saturated heterocycles. The van der Waals surface area contributed by atoms with Crippen molar-refractivity contribution >= 4 is 5.97 Å². The number of hydrogen-bond acceptors (Lipinski definition) is 5. The summed E-state index contributed by atoms with van der Waals surface area (Å²) in [7, 11) is 0. The summed E-state index contributed by atoms with van der Waals surface area (Å²) in [6.45, 7) is 3.49. The lowest BCUT2D eigenvalue weighted by Gasteiger charge is -2.29. The molecular formula is C11H16N2O4. The number of hydrogen-bond donors (Lipinski definition) is 1. The van der Waals surface area contributed by atoms with Gasteiger partial charge in [-0.15, -0.1) is 0 Å². The van der Waals surface area contributed by atoms with E-state index in [2.05, 4.69) is 17.1 Å². The Balaban J connectivity index is 2.03. The maximum atomic E-state index is 10.4. The summed E-state index contributed by atoms with van der Waals surface area (Å²) in [5.41, 5.74) is -0.108. The van der Waals surface area contributed by atoms with Gasteiger partial charge in [-0.25, -0.2) is 0 Å². The van der Waals surface area contributed by atoms with Crippen LogP contribution in [0.25, 0.3) is 0 Å². The molecule has 2 heterocycles. The Labute approximate surface area is 99.0 Å². The molecule has 0 radical (unpaired) electrons. The van der Waals surface area contributed by atoms with E-state index in [9.17, 15) is 4.79 Å². The number of aliphatic carboxylic acids is 1. The molecule has 0 bridgehead atoms. The molecule has 1 aliphatic heterocycles. The fourth-order valence-electron chi connectivity index (χ4n) is 1.86. The highest BCUT2D eigenvalue weighted by atomic mass is 16.5. The zero-order valence-corrected chi connectivity index (χ0v) is 9.81. The molecule has 94 valence electrons. The van der Waals surface area contributed by atoms with Gasteiger partial charge < -0.3 is 14.4 Å². The van der Waals surface area contributed by atoms with E-state index in [0.29, 0.717) is 24.9 Å². The summed E-state index contributed by atoms with van der Waals surface area (Å²) >= 11 is 0. The van der Waals surface area contributed by atoms with Gasteiger partial charge in [0.1, 0.15) is 0 Å². The van der Waals surface area contributed by atoms with E-state index in [1.54, 1.807) is 0 Å². The second-order valence-corrected chi connectivity index (χ2v) is 4.58. The molecular weight excluding hydrogens is 224 g/mol. The highest BCUT2D eigenvalue weighted by molar-refractivity contribution is 5.66. The smallest absolute Gasteiger partial charge is 0.303 e. The summed E-state index contributed by atoms with van der Waals surface area (Å²) in [6, 6.07) is 0. The summed E-state index contributed by atoms with van der Waals surface area (Å²) < 4.78 is 10.4. The zero-order valence-electron chi connectivity index (χ0n) is 9.81. The third-order valence-electron chi connectivity index (χ3n) is 3.16. The van der Waals surface area contributed by atoms with Crippen molar-refractivity contribution in [3.8, 4) is 0 Å². The van der Waals surface area contributed by atoms with Crippen LogP contribution in [0.1, 0.15) is 37.9 Å². The average molecular weight is 240 g/mol. The van der Waals surface area contributed by atoms with E-state index in [4.69, 9.17) is 14.4 Å². The molecule has 0 aliphatic carbocycles. The van der Waals surface area contributed by atoms with Crippen molar-refractivity contribution in [3.05, 3.63) is 11.7 Å². The molecule has 1 aromatic rings. The summed E-state index contributed by atoms with van der Waals surface area (Å²) in [4.78, 5) is 14.7. The van der Waals surface area contributed by atoms with Gasteiger partial charge in [0.25, 0.3) is 0 Å². The molecule has 6 nitrogen and oxygen atoms in total. The predicted octanol–water partition coefficient (Wildman–Crippen LogP) is 1.15. The SMILES string of the molecule is CC1(c2noc(CCC(=O)O)n2)CCOCC1. The number of aromatic nitrogens is 2. The van der Waals surface area contributed by atoms with Crippen LogP contribution in [0.5, 0.6) is 0 Å². The molecule has 0 aromatic carbocycles. The van der Waals surface area contributed by atoms with Crippen molar-refractivity contribution in [1.82, 2.24) is 10.1 Å². The van der Waals surface area contributed by atoms with Gasteiger partial charge in [-0.2, -0.15) is 4.98 Å². The summed E-state index contributed by atoms with van der Waals surface area (Å²) in [5.74, 6) is 0.207. The van der Waals surface area contributed by atoms with Crippen molar-refractivity contribution in [1.29, 1.82) is 0 Å². The van der Waals surface area contributed by atoms with Crippen LogP contribution in [0.4, 0.5) is 0 Å². The van der Waals surface area contributed by atoms with E-state index in [1.807, 2.05) is 0 Å². The van der Waals surface area contributed by atoms with Crippen LogP contribution in [0.3, 0.4) is 0 Å². The second kappa shape index (κ2) is 4.83. The first-order valence-corrected chi connectivity index (χ1v) is 5.73. The number of rotatable bonds is 4. The highest BCUT2D eigenvalue weighted by Crippen LogP contribution is 2.32. The standard InChI is InChI=1S/C11H16N2O4/c1-11(4-6-16-7-5-11)10-12-8(17-13-10)2-3-9(14)15/h2-7H2,1H3,(H,14,15). The molecule has 0 amide bonds. The molecule has 0 unspecified atom stereocenters. The van der Waals surface area contributed by atoms with Crippen LogP contribution in [-0.4, -0.2) is 34.4 Å². The van der Waals surface area contributed by atoms with Gasteiger partial charge in [-0.3, -0.25) is 4.79 Å². The van der Waals surface area contributed by atoms with Crippen LogP contribution >= 0.6 is 0 Å². The van der Waals surface area contributed by atoms with E-state index >= 15 is 0 Å². The van der Waals surface area contributed by atoms with Crippen molar-refractivity contribution in [2.75, 3.05) is 13.2 Å². The molecule has 0 spiro atoms. The fourth-order valence-corrected chi connectivity index (χ4v) is 1.86. The minimum atomic E-state index is -0.859. The quantitative estimate of drug-likeness (QED) is 0.849. The van der Waals surface area contributed by atoms with E-state index < -0.39 is 5.97 Å². The minimum Gasteiger partial charge on any atom is -0.481 e. The Morgan fingerprint density at radius 3 is 2.82 bits per heavy atom. The van der Waals surface area contributed by atoms with Gasteiger partial charge in [0.2, 0.25) is 5.89 Å². The van der Waals surface area contributed by atoms with Gasteiger partial charge in [0, 0.05) is 25.0 Å². The van der Waals surface area contributed by atoms with Gasteiger partial charge in [-0.1, -0.05) is 12.1 Å². The average Bonchev–Trinajstić information content (AvgIpc) is 2.76. The Morgan fingerprint density at radius 1 is 1.47 bits per heavy atom. The van der Waals surface area contributed by atoms with E-state index in [-0.39, 0.29) is 18.3 Å². The Bertz CT molecular complexity index is 396. The molecule has 17 heavy (non-hydrogen) atoms. The highest BCUT2D eigenvalue weighted by Gasteiger charge is 2.34. The van der Waals surface area contributed by atoms with Crippen LogP contribution in [0, 0.1) is 0 Å². The Hall–Kier alpha value is -1.43. The molecule has 6 heteroatoms. The van der Waals surface area contributed by atoms with Crippen LogP contribution in [0.15, 0.2) is 4.52 Å². The van der Waals surface area contributed by atoms with Crippen molar-refractivity contribution in [3.63, 3.8) is 0 Å². The molecule has 0 saturated carbocycles. The molecule has 0 atom stereocenters. The fraction of sp³-hybridized carbons (Fsp3) is 0.727. The maximum absolute atomic E-state index is 10.4. The topological polar surface area (TPSA) is 85.5 Å². The van der Waals surface area contributed by atoms with E-state index in [1.165, 1.54) is 0 Å². The number of ether oxygens (including phenoxy) is 1. The van der Waals surface area contributed by atoms with Crippen molar-refractivity contribution in [2.24, 2.45) is 0 Å². The Kier molecular flexibility index (Phi) is 3.42. The van der Waals surface area contributed by atoms with Crippen LogP contribution < -0.4 is 0 Å². The van der Waals surface area contributed by atoms with Gasteiger partial charge in [-0.05, 0) is 12.8 Å². The molecule has 1 aromatic heterocycles. The largest absolute Gasteiger partial charge is 0.481 e. The predicted molar refractivity (Wildman–Crippen MR) is 57.7 cm³/mol. The van der Waals surface area contributed by atoms with Crippen molar-refractivity contribution < 1.29 is 19.2 Å². The lowest BCUT2D eigenvalue weighted by molar-refractivity contribution is -0.137. The second-order valence-electron chi connectivity index (χ2n) is 4.58. The van der Waals surface area contributed by atoms with Crippen LogP contribution in [0.2, 0.25) is 0 Å².